The predicted octanol–water partition coefficient (Wildman–Crippen LogP) is 5.76. The highest BCUT2D eigenvalue weighted by atomic mass is 79.9. The molecule has 0 radical (unpaired) electrons. The second-order valence-electron chi connectivity index (χ2n) is 6.22. The predicted molar refractivity (Wildman–Crippen MR) is 137 cm³/mol. The molecule has 5 nitrogen and oxygen atoms in total. The van der Waals surface area contributed by atoms with Gasteiger partial charge < -0.3 is 11.1 Å². The van der Waals surface area contributed by atoms with E-state index in [9.17, 15) is 0 Å². The van der Waals surface area contributed by atoms with Gasteiger partial charge in [-0.25, -0.2) is 9.97 Å². The Bertz CT molecular complexity index is 1050. The lowest BCUT2D eigenvalue weighted by Gasteiger charge is -2.14. The van der Waals surface area contributed by atoms with E-state index in [0.29, 0.717) is 12.4 Å². The maximum absolute atomic E-state index is 6.33. The number of pyridine rings is 1. The summed E-state index contributed by atoms with van der Waals surface area (Å²) in [4.78, 5) is 13.5. The Morgan fingerprint density at radius 3 is 2.40 bits per heavy atom. The molecule has 0 bridgehead atoms. The molecule has 4 rings (SSSR count). The van der Waals surface area contributed by atoms with Crippen LogP contribution in [0.5, 0.6) is 0 Å². The van der Waals surface area contributed by atoms with Gasteiger partial charge in [0.1, 0.15) is 11.3 Å². The second-order valence-corrected chi connectivity index (χ2v) is 7.96. The van der Waals surface area contributed by atoms with Crippen LogP contribution in [0.1, 0.15) is 5.56 Å². The van der Waals surface area contributed by atoms with Crippen molar-refractivity contribution in [1.82, 2.24) is 15.0 Å². The molecule has 0 aliphatic carbocycles. The van der Waals surface area contributed by atoms with Crippen LogP contribution in [0.4, 0.5) is 5.82 Å². The molecule has 30 heavy (non-hydrogen) atoms. The lowest BCUT2D eigenvalue weighted by Crippen LogP contribution is -2.31. The molecule has 0 saturated carbocycles. The van der Waals surface area contributed by atoms with Gasteiger partial charge in [-0.05, 0) is 40.0 Å². The molecule has 160 valence electrons. The number of nitrogens with one attached hydrogen (secondary N) is 1. The maximum Gasteiger partial charge on any atom is 0.162 e. The average Bonchev–Trinajstić information content (AvgIpc) is 3.08. The van der Waals surface area contributed by atoms with E-state index in [2.05, 4.69) is 38.4 Å². The zero-order chi connectivity index (χ0) is 18.6. The van der Waals surface area contributed by atoms with Gasteiger partial charge in [0, 0.05) is 35.9 Å². The zero-order valence-corrected chi connectivity index (χ0v) is 20.5. The lowest BCUT2D eigenvalue weighted by atomic mass is 10.1. The summed E-state index contributed by atoms with van der Waals surface area (Å²) in [5, 5.41) is 5.46. The summed E-state index contributed by atoms with van der Waals surface area (Å²) in [6, 6.07) is 14.1. The van der Waals surface area contributed by atoms with Crippen molar-refractivity contribution in [3.8, 4) is 11.4 Å². The standard InChI is InChI=1S/C20H18BrN5S.3ClH/c21-16-12-27-18-17(16)25-19(14-6-8-23-9-7-14)26-20(18)24-11-15(22)10-13-4-2-1-3-5-13;;;/h1-9,12,15H,10-11,22H2,(H,24,25,26);3*1H/t15-;;;/m0.../s1. The van der Waals surface area contributed by atoms with E-state index < -0.39 is 0 Å². The van der Waals surface area contributed by atoms with Crippen molar-refractivity contribution in [2.24, 2.45) is 5.73 Å². The summed E-state index contributed by atoms with van der Waals surface area (Å²) in [7, 11) is 0. The van der Waals surface area contributed by atoms with Crippen LogP contribution in [0, 0.1) is 0 Å². The first kappa shape index (κ1) is 26.6. The van der Waals surface area contributed by atoms with Crippen LogP contribution in [0.15, 0.2) is 64.7 Å². The number of nitrogens with zero attached hydrogens (tertiary/aromatic N) is 3. The number of halogens is 4. The van der Waals surface area contributed by atoms with Crippen LogP contribution in [-0.4, -0.2) is 27.5 Å². The lowest BCUT2D eigenvalue weighted by molar-refractivity contribution is 0.698. The number of fused-ring (bicyclic) bond motifs is 1. The van der Waals surface area contributed by atoms with Crippen LogP contribution in [0.25, 0.3) is 21.6 Å². The Morgan fingerprint density at radius 2 is 1.70 bits per heavy atom. The first-order valence-electron chi connectivity index (χ1n) is 8.59. The molecule has 10 heteroatoms. The minimum Gasteiger partial charge on any atom is -0.367 e. The number of thiophene rings is 1. The number of hydrogen-bond donors (Lipinski definition) is 2. The summed E-state index contributed by atoms with van der Waals surface area (Å²) in [5.74, 6) is 1.48. The van der Waals surface area contributed by atoms with Gasteiger partial charge >= 0.3 is 0 Å². The fraction of sp³-hybridized carbons (Fsp3) is 0.150. The number of nitrogens with two attached hydrogens (primary N) is 1. The minimum absolute atomic E-state index is 0. The fourth-order valence-electron chi connectivity index (χ4n) is 2.86. The maximum atomic E-state index is 6.33. The van der Waals surface area contributed by atoms with Crippen molar-refractivity contribution < 1.29 is 0 Å². The molecule has 4 aromatic rings. The molecule has 0 saturated heterocycles. The zero-order valence-electron chi connectivity index (χ0n) is 15.7. The number of aromatic nitrogens is 3. The van der Waals surface area contributed by atoms with Crippen molar-refractivity contribution in [3.63, 3.8) is 0 Å². The van der Waals surface area contributed by atoms with Gasteiger partial charge in [0.2, 0.25) is 0 Å². The number of benzene rings is 1. The molecule has 1 atom stereocenters. The third-order valence-corrected chi connectivity index (χ3v) is 6.07. The first-order valence-corrected chi connectivity index (χ1v) is 10.3. The van der Waals surface area contributed by atoms with Gasteiger partial charge in [-0.2, -0.15) is 0 Å². The molecule has 0 aliphatic heterocycles. The second kappa shape index (κ2) is 12.4. The fourth-order valence-corrected chi connectivity index (χ4v) is 4.39. The summed E-state index contributed by atoms with van der Waals surface area (Å²) in [5.41, 5.74) is 9.40. The average molecular weight is 550 g/mol. The van der Waals surface area contributed by atoms with Crippen molar-refractivity contribution in [2.75, 3.05) is 11.9 Å². The van der Waals surface area contributed by atoms with Crippen LogP contribution in [-0.2, 0) is 6.42 Å². The van der Waals surface area contributed by atoms with Gasteiger partial charge in [0.05, 0.1) is 9.17 Å². The van der Waals surface area contributed by atoms with Crippen LogP contribution < -0.4 is 11.1 Å². The Labute approximate surface area is 206 Å². The van der Waals surface area contributed by atoms with Crippen molar-refractivity contribution in [3.05, 3.63) is 70.3 Å². The van der Waals surface area contributed by atoms with Gasteiger partial charge in [0.15, 0.2) is 5.82 Å². The molecule has 3 heterocycles. The van der Waals surface area contributed by atoms with Crippen LogP contribution in [0.2, 0.25) is 0 Å². The minimum atomic E-state index is -0.00908. The van der Waals surface area contributed by atoms with E-state index in [-0.39, 0.29) is 43.3 Å². The van der Waals surface area contributed by atoms with E-state index >= 15 is 0 Å². The van der Waals surface area contributed by atoms with Gasteiger partial charge in [-0.3, -0.25) is 4.98 Å². The number of rotatable bonds is 6. The molecule has 0 aliphatic rings. The normalized spacial score (nSPS) is 11.0. The highest BCUT2D eigenvalue weighted by Gasteiger charge is 2.14. The van der Waals surface area contributed by atoms with Crippen LogP contribution >= 0.6 is 64.5 Å². The quantitative estimate of drug-likeness (QED) is 0.320. The topological polar surface area (TPSA) is 76.7 Å². The highest BCUT2D eigenvalue weighted by molar-refractivity contribution is 9.10. The van der Waals surface area contributed by atoms with Gasteiger partial charge in [-0.15, -0.1) is 48.6 Å². The Morgan fingerprint density at radius 1 is 1.00 bits per heavy atom. The monoisotopic (exact) mass is 547 g/mol. The molecular weight excluding hydrogens is 529 g/mol. The molecule has 0 spiro atoms. The summed E-state index contributed by atoms with van der Waals surface area (Å²) in [6.45, 7) is 0.631. The highest BCUT2D eigenvalue weighted by Crippen LogP contribution is 2.34. The summed E-state index contributed by atoms with van der Waals surface area (Å²) >= 11 is 5.20. The Balaban J connectivity index is 0.00000150. The van der Waals surface area contributed by atoms with Crippen molar-refractivity contribution in [1.29, 1.82) is 0 Å². The van der Waals surface area contributed by atoms with Crippen molar-refractivity contribution >= 4 is 80.5 Å². The SMILES string of the molecule is Cl.Cl.Cl.N[C@H](CNc1nc(-c2ccncc2)nc2c(Br)csc12)Cc1ccccc1. The molecule has 0 unspecified atom stereocenters. The Kier molecular flexibility index (Phi) is 11.0. The molecule has 3 aromatic heterocycles. The number of hydrogen-bond acceptors (Lipinski definition) is 6. The third-order valence-electron chi connectivity index (χ3n) is 4.18. The van der Waals surface area contributed by atoms with E-state index in [1.807, 2.05) is 35.7 Å². The molecule has 0 fully saturated rings. The Hall–Kier alpha value is -1.48. The van der Waals surface area contributed by atoms with E-state index in [0.717, 1.165) is 32.5 Å². The van der Waals surface area contributed by atoms with E-state index in [1.54, 1.807) is 23.7 Å². The summed E-state index contributed by atoms with van der Waals surface area (Å²) < 4.78 is 1.99. The number of anilines is 1. The van der Waals surface area contributed by atoms with Gasteiger partial charge in [-0.1, -0.05) is 30.3 Å². The molecule has 0 amide bonds. The molecule has 1 aromatic carbocycles. The van der Waals surface area contributed by atoms with Crippen molar-refractivity contribution in [2.45, 2.75) is 12.5 Å². The van der Waals surface area contributed by atoms with Crippen LogP contribution in [0.3, 0.4) is 0 Å². The van der Waals surface area contributed by atoms with E-state index in [1.165, 1.54) is 5.56 Å². The smallest absolute Gasteiger partial charge is 0.162 e. The first-order chi connectivity index (χ1) is 13.2. The van der Waals surface area contributed by atoms with E-state index in [4.69, 9.17) is 15.7 Å². The summed E-state index contributed by atoms with van der Waals surface area (Å²) in [6.07, 6.45) is 4.30. The molecular formula is C20H21BrCl3N5S. The van der Waals surface area contributed by atoms with Gasteiger partial charge in [0.25, 0.3) is 0 Å². The largest absolute Gasteiger partial charge is 0.367 e. The third kappa shape index (κ3) is 6.26. The molecule has 3 N–H and O–H groups in total.